The molecule has 0 heterocycles. The topological polar surface area (TPSA) is 49.3 Å². The Balaban J connectivity index is 1.96. The molecule has 0 saturated heterocycles. The maximum atomic E-state index is 13.6. The molecule has 0 saturated carbocycles. The van der Waals surface area contributed by atoms with Crippen LogP contribution in [0.5, 0.6) is 0 Å². The van der Waals surface area contributed by atoms with Crippen molar-refractivity contribution in [1.82, 2.24) is 5.32 Å². The first kappa shape index (κ1) is 15.5. The Morgan fingerprint density at radius 1 is 1.19 bits per heavy atom. The lowest BCUT2D eigenvalue weighted by Gasteiger charge is -2.08. The fraction of sp³-hybridized carbons (Fsp3) is 0.188. The van der Waals surface area contributed by atoms with E-state index >= 15 is 0 Å². The van der Waals surface area contributed by atoms with Crippen LogP contribution in [-0.4, -0.2) is 11.0 Å². The Morgan fingerprint density at radius 2 is 1.90 bits per heavy atom. The van der Waals surface area contributed by atoms with Crippen LogP contribution < -0.4 is 5.32 Å². The van der Waals surface area contributed by atoms with Crippen molar-refractivity contribution in [2.45, 2.75) is 19.6 Å². The first-order valence-corrected chi connectivity index (χ1v) is 6.86. The highest BCUT2D eigenvalue weighted by Gasteiger charge is 2.11. The molecule has 0 aliphatic carbocycles. The number of benzene rings is 2. The summed E-state index contributed by atoms with van der Waals surface area (Å²) in [6, 6.07) is 11.6. The van der Waals surface area contributed by atoms with Crippen LogP contribution >= 0.6 is 11.6 Å². The number of hydrogen-bond acceptors (Lipinski definition) is 2. The number of nitrogens with one attached hydrogen (secondary N) is 1. The number of halogens is 2. The van der Waals surface area contributed by atoms with E-state index in [1.165, 1.54) is 12.1 Å². The van der Waals surface area contributed by atoms with Gasteiger partial charge in [-0.1, -0.05) is 41.9 Å². The van der Waals surface area contributed by atoms with Crippen molar-refractivity contribution in [3.05, 3.63) is 70.0 Å². The van der Waals surface area contributed by atoms with Crippen molar-refractivity contribution in [3.8, 4) is 0 Å². The summed E-state index contributed by atoms with van der Waals surface area (Å²) in [5.74, 6) is -0.795. The van der Waals surface area contributed by atoms with Gasteiger partial charge < -0.3 is 10.4 Å². The van der Waals surface area contributed by atoms with Crippen molar-refractivity contribution in [2.24, 2.45) is 0 Å². The molecule has 1 amide bonds. The van der Waals surface area contributed by atoms with E-state index in [4.69, 9.17) is 16.7 Å². The largest absolute Gasteiger partial charge is 0.392 e. The van der Waals surface area contributed by atoms with Gasteiger partial charge >= 0.3 is 0 Å². The van der Waals surface area contributed by atoms with Gasteiger partial charge in [0.2, 0.25) is 5.91 Å². The fourth-order valence-electron chi connectivity index (χ4n) is 1.96. The minimum absolute atomic E-state index is 0.0490. The van der Waals surface area contributed by atoms with E-state index < -0.39 is 5.82 Å². The molecule has 110 valence electrons. The Kier molecular flexibility index (Phi) is 5.31. The van der Waals surface area contributed by atoms with Gasteiger partial charge in [-0.25, -0.2) is 4.39 Å². The van der Waals surface area contributed by atoms with Gasteiger partial charge in [-0.05, 0) is 23.3 Å². The Hall–Kier alpha value is -1.91. The summed E-state index contributed by atoms with van der Waals surface area (Å²) in [5.41, 5.74) is 1.84. The minimum Gasteiger partial charge on any atom is -0.392 e. The Bertz CT molecular complexity index is 626. The van der Waals surface area contributed by atoms with Crippen LogP contribution in [0.1, 0.15) is 16.7 Å². The van der Waals surface area contributed by atoms with E-state index in [1.807, 2.05) is 6.07 Å². The van der Waals surface area contributed by atoms with Gasteiger partial charge in [-0.2, -0.15) is 0 Å². The lowest BCUT2D eigenvalue weighted by molar-refractivity contribution is -0.120. The molecule has 0 unspecified atom stereocenters. The van der Waals surface area contributed by atoms with Gasteiger partial charge in [0.1, 0.15) is 5.82 Å². The van der Waals surface area contributed by atoms with Crippen LogP contribution in [0.3, 0.4) is 0 Å². The molecule has 2 N–H and O–H groups in total. The highest BCUT2D eigenvalue weighted by atomic mass is 35.5. The molecule has 0 bridgehead atoms. The Labute approximate surface area is 127 Å². The lowest BCUT2D eigenvalue weighted by atomic mass is 10.1. The summed E-state index contributed by atoms with van der Waals surface area (Å²) < 4.78 is 13.6. The zero-order chi connectivity index (χ0) is 15.2. The van der Waals surface area contributed by atoms with Crippen LogP contribution in [0, 0.1) is 5.82 Å². The standard InChI is InChI=1S/C16H15ClFNO2/c17-14-5-2-6-15(18)13(14)8-16(21)19-9-11-3-1-4-12(7-11)10-20/h1-7,20H,8-10H2,(H,19,21). The molecule has 0 aliphatic heterocycles. The van der Waals surface area contributed by atoms with Crippen LogP contribution in [0.15, 0.2) is 42.5 Å². The van der Waals surface area contributed by atoms with Crippen molar-refractivity contribution in [2.75, 3.05) is 0 Å². The van der Waals surface area contributed by atoms with Crippen molar-refractivity contribution in [1.29, 1.82) is 0 Å². The van der Waals surface area contributed by atoms with Crippen LogP contribution in [0.25, 0.3) is 0 Å². The minimum atomic E-state index is -0.486. The second-order valence-corrected chi connectivity index (χ2v) is 5.04. The van der Waals surface area contributed by atoms with Crippen LogP contribution in [0.4, 0.5) is 4.39 Å². The highest BCUT2D eigenvalue weighted by Crippen LogP contribution is 2.19. The molecule has 2 aromatic rings. The molecular weight excluding hydrogens is 293 g/mol. The van der Waals surface area contributed by atoms with Crippen LogP contribution in [0.2, 0.25) is 5.02 Å². The number of carbonyl (C=O) groups excluding carboxylic acids is 1. The third kappa shape index (κ3) is 4.28. The maximum Gasteiger partial charge on any atom is 0.224 e. The smallest absolute Gasteiger partial charge is 0.224 e. The third-order valence-electron chi connectivity index (χ3n) is 3.06. The van der Waals surface area contributed by atoms with Gasteiger partial charge in [0, 0.05) is 17.1 Å². The highest BCUT2D eigenvalue weighted by molar-refractivity contribution is 6.31. The second-order valence-electron chi connectivity index (χ2n) is 4.63. The number of rotatable bonds is 5. The fourth-order valence-corrected chi connectivity index (χ4v) is 2.19. The normalized spacial score (nSPS) is 10.4. The summed E-state index contributed by atoms with van der Waals surface area (Å²) in [4.78, 5) is 11.9. The van der Waals surface area contributed by atoms with Gasteiger partial charge in [-0.3, -0.25) is 4.79 Å². The van der Waals surface area contributed by atoms with Crippen molar-refractivity contribution in [3.63, 3.8) is 0 Å². The molecule has 2 aromatic carbocycles. The number of aliphatic hydroxyl groups is 1. The van der Waals surface area contributed by atoms with Gasteiger partial charge in [0.25, 0.3) is 0 Å². The van der Waals surface area contributed by atoms with E-state index in [0.717, 1.165) is 11.1 Å². The van der Waals surface area contributed by atoms with Crippen molar-refractivity contribution < 1.29 is 14.3 Å². The van der Waals surface area contributed by atoms with E-state index in [0.29, 0.717) is 6.54 Å². The molecule has 0 aliphatic rings. The molecule has 0 spiro atoms. The number of aliphatic hydroxyl groups excluding tert-OH is 1. The average Bonchev–Trinajstić information content (AvgIpc) is 2.49. The second kappa shape index (κ2) is 7.20. The molecular formula is C16H15ClFNO2. The molecule has 2 rings (SSSR count). The molecule has 0 atom stereocenters. The molecule has 0 aromatic heterocycles. The van der Waals surface area contributed by atoms with E-state index in [2.05, 4.69) is 5.32 Å². The van der Waals surface area contributed by atoms with E-state index in [-0.39, 0.29) is 29.5 Å². The van der Waals surface area contributed by atoms with Gasteiger partial charge in [-0.15, -0.1) is 0 Å². The predicted octanol–water partition coefficient (Wildman–Crippen LogP) is 2.83. The predicted molar refractivity (Wildman–Crippen MR) is 79.3 cm³/mol. The summed E-state index contributed by atoms with van der Waals surface area (Å²) >= 11 is 5.88. The van der Waals surface area contributed by atoms with E-state index in [1.54, 1.807) is 24.3 Å². The van der Waals surface area contributed by atoms with Gasteiger partial charge in [0.15, 0.2) is 0 Å². The van der Waals surface area contributed by atoms with E-state index in [9.17, 15) is 9.18 Å². The maximum absolute atomic E-state index is 13.6. The molecule has 0 fully saturated rings. The van der Waals surface area contributed by atoms with Gasteiger partial charge in [0.05, 0.1) is 13.0 Å². The first-order chi connectivity index (χ1) is 10.1. The Morgan fingerprint density at radius 3 is 2.62 bits per heavy atom. The molecule has 21 heavy (non-hydrogen) atoms. The summed E-state index contributed by atoms with van der Waals surface area (Å²) in [6.45, 7) is 0.269. The summed E-state index contributed by atoms with van der Waals surface area (Å²) in [6.07, 6.45) is -0.106. The number of amides is 1. The van der Waals surface area contributed by atoms with Crippen molar-refractivity contribution >= 4 is 17.5 Å². The quantitative estimate of drug-likeness (QED) is 0.892. The third-order valence-corrected chi connectivity index (χ3v) is 3.42. The SMILES string of the molecule is O=C(Cc1c(F)cccc1Cl)NCc1cccc(CO)c1. The number of hydrogen-bond donors (Lipinski definition) is 2. The zero-order valence-electron chi connectivity index (χ0n) is 11.3. The molecule has 0 radical (unpaired) electrons. The zero-order valence-corrected chi connectivity index (χ0v) is 12.0. The van der Waals surface area contributed by atoms with Crippen LogP contribution in [-0.2, 0) is 24.4 Å². The first-order valence-electron chi connectivity index (χ1n) is 6.48. The summed E-state index contributed by atoms with van der Waals surface area (Å²) in [5, 5.41) is 12.0. The molecule has 3 nitrogen and oxygen atoms in total. The summed E-state index contributed by atoms with van der Waals surface area (Å²) in [7, 11) is 0. The lowest BCUT2D eigenvalue weighted by Crippen LogP contribution is -2.25. The number of carbonyl (C=O) groups is 1. The average molecular weight is 308 g/mol. The molecule has 5 heteroatoms. The monoisotopic (exact) mass is 307 g/mol.